The summed E-state index contributed by atoms with van der Waals surface area (Å²) in [5, 5.41) is 1.14. The van der Waals surface area contributed by atoms with Crippen LogP contribution < -0.4 is 0 Å². The largest absolute Gasteiger partial charge is 0.343 e. The van der Waals surface area contributed by atoms with Crippen molar-refractivity contribution >= 4 is 16.5 Å². The Morgan fingerprint density at radius 2 is 1.90 bits per heavy atom. The fourth-order valence-corrected chi connectivity index (χ4v) is 4.40. The van der Waals surface area contributed by atoms with E-state index in [4.69, 9.17) is 4.98 Å². The molecule has 0 bridgehead atoms. The second kappa shape index (κ2) is 8.08. The Morgan fingerprint density at radius 3 is 2.68 bits per heavy atom. The summed E-state index contributed by atoms with van der Waals surface area (Å²) in [5.41, 5.74) is 8.45. The van der Waals surface area contributed by atoms with Gasteiger partial charge in [0.1, 0.15) is 0 Å². The normalized spacial score (nSPS) is 16.6. The van der Waals surface area contributed by atoms with E-state index >= 15 is 0 Å². The number of fused-ring (bicyclic) bond motifs is 1. The van der Waals surface area contributed by atoms with Gasteiger partial charge in [0.05, 0.1) is 28.9 Å². The molecule has 1 N–H and O–H groups in total. The molecule has 1 atom stereocenters. The molecule has 5 rings (SSSR count). The number of benzene rings is 1. The Labute approximate surface area is 182 Å². The van der Waals surface area contributed by atoms with Crippen LogP contribution in [0, 0.1) is 6.92 Å². The van der Waals surface area contributed by atoms with Gasteiger partial charge in [-0.15, -0.1) is 0 Å². The number of H-pyrrole nitrogens is 1. The molecule has 31 heavy (non-hydrogen) atoms. The van der Waals surface area contributed by atoms with Crippen molar-refractivity contribution in [2.75, 3.05) is 14.1 Å². The lowest BCUT2D eigenvalue weighted by Crippen LogP contribution is -2.28. The molecule has 1 aromatic carbocycles. The molecule has 0 amide bonds. The minimum absolute atomic E-state index is 0.636. The Bertz CT molecular complexity index is 1270. The molecule has 1 aliphatic rings. The number of aromatic amines is 1. The van der Waals surface area contributed by atoms with Crippen molar-refractivity contribution in [3.8, 4) is 22.6 Å². The van der Waals surface area contributed by atoms with Crippen molar-refractivity contribution in [3.63, 3.8) is 0 Å². The number of imidazole rings is 1. The lowest BCUT2D eigenvalue weighted by molar-refractivity contribution is 0.277. The van der Waals surface area contributed by atoms with Gasteiger partial charge in [-0.05, 0) is 81.7 Å². The van der Waals surface area contributed by atoms with E-state index in [0.29, 0.717) is 6.04 Å². The van der Waals surface area contributed by atoms with E-state index < -0.39 is 0 Å². The molecule has 5 nitrogen and oxygen atoms in total. The molecule has 3 heterocycles. The lowest BCUT2D eigenvalue weighted by atomic mass is 9.90. The molecule has 1 unspecified atom stereocenters. The van der Waals surface area contributed by atoms with Crippen molar-refractivity contribution in [2.24, 2.45) is 0 Å². The van der Waals surface area contributed by atoms with Crippen LogP contribution in [-0.2, 0) is 0 Å². The minimum atomic E-state index is 0.636. The molecule has 0 saturated carbocycles. The lowest BCUT2D eigenvalue weighted by Gasteiger charge is -2.27. The molecule has 3 aromatic heterocycles. The number of nitrogens with one attached hydrogen (secondary N) is 1. The topological polar surface area (TPSA) is 57.7 Å². The van der Waals surface area contributed by atoms with E-state index in [1.807, 2.05) is 31.3 Å². The van der Waals surface area contributed by atoms with Crippen LogP contribution in [0.3, 0.4) is 0 Å². The van der Waals surface area contributed by atoms with Crippen molar-refractivity contribution in [1.29, 1.82) is 0 Å². The zero-order chi connectivity index (χ0) is 21.4. The Morgan fingerprint density at radius 1 is 1.03 bits per heavy atom. The van der Waals surface area contributed by atoms with Crippen molar-refractivity contribution in [1.82, 2.24) is 24.8 Å². The van der Waals surface area contributed by atoms with Gasteiger partial charge in [-0.25, -0.2) is 4.98 Å². The van der Waals surface area contributed by atoms with Gasteiger partial charge in [-0.3, -0.25) is 9.97 Å². The standard InChI is InChI=1S/C26H27N5/c1-17-5-4-6-24(30-17)26-25(28-16-29-26)19-9-12-23-20(13-19)14-21(15-27-23)18-7-10-22(11-8-18)31(2)3/h4-7,9,12-16,22H,8,10-11H2,1-3H3,(H,28,29). The molecule has 0 radical (unpaired) electrons. The average Bonchev–Trinajstić information content (AvgIpc) is 3.28. The number of aryl methyl sites for hydroxylation is 1. The van der Waals surface area contributed by atoms with Gasteiger partial charge >= 0.3 is 0 Å². The summed E-state index contributed by atoms with van der Waals surface area (Å²) in [4.78, 5) is 19.6. The summed E-state index contributed by atoms with van der Waals surface area (Å²) in [5.74, 6) is 0. The second-order valence-electron chi connectivity index (χ2n) is 8.54. The predicted molar refractivity (Wildman–Crippen MR) is 127 cm³/mol. The van der Waals surface area contributed by atoms with Crippen LogP contribution in [0.2, 0.25) is 0 Å². The summed E-state index contributed by atoms with van der Waals surface area (Å²) < 4.78 is 0. The first-order valence-corrected chi connectivity index (χ1v) is 10.8. The third-order valence-corrected chi connectivity index (χ3v) is 6.22. The van der Waals surface area contributed by atoms with Gasteiger partial charge < -0.3 is 9.88 Å². The first-order chi connectivity index (χ1) is 15.1. The third-order valence-electron chi connectivity index (χ3n) is 6.22. The van der Waals surface area contributed by atoms with Gasteiger partial charge in [0.2, 0.25) is 0 Å². The van der Waals surface area contributed by atoms with Crippen molar-refractivity contribution in [3.05, 3.63) is 72.3 Å². The van der Waals surface area contributed by atoms with Gasteiger partial charge in [0.25, 0.3) is 0 Å². The van der Waals surface area contributed by atoms with Crippen molar-refractivity contribution in [2.45, 2.75) is 32.2 Å². The maximum Gasteiger partial charge on any atom is 0.0977 e. The molecular formula is C26H27N5. The SMILES string of the molecule is Cc1cccc(-c2[nH]cnc2-c2ccc3ncc(C4=CCC(N(C)C)CC4)cc3c2)n1. The van der Waals surface area contributed by atoms with Gasteiger partial charge in [-0.2, -0.15) is 0 Å². The smallest absolute Gasteiger partial charge is 0.0977 e. The van der Waals surface area contributed by atoms with Gasteiger partial charge in [-0.1, -0.05) is 18.2 Å². The number of hydrogen-bond acceptors (Lipinski definition) is 4. The zero-order valence-corrected chi connectivity index (χ0v) is 18.3. The quantitative estimate of drug-likeness (QED) is 0.484. The van der Waals surface area contributed by atoms with Crippen LogP contribution in [-0.4, -0.2) is 45.0 Å². The van der Waals surface area contributed by atoms with E-state index in [1.54, 1.807) is 6.33 Å². The summed E-state index contributed by atoms with van der Waals surface area (Å²) in [6.07, 6.45) is 9.52. The molecule has 156 valence electrons. The number of hydrogen-bond donors (Lipinski definition) is 1. The monoisotopic (exact) mass is 409 g/mol. The fourth-order valence-electron chi connectivity index (χ4n) is 4.40. The molecule has 0 fully saturated rings. The molecule has 0 spiro atoms. The highest BCUT2D eigenvalue weighted by Crippen LogP contribution is 2.32. The van der Waals surface area contributed by atoms with E-state index in [9.17, 15) is 0 Å². The van der Waals surface area contributed by atoms with E-state index in [0.717, 1.165) is 52.1 Å². The number of nitrogens with zero attached hydrogens (tertiary/aromatic N) is 4. The highest BCUT2D eigenvalue weighted by atomic mass is 15.1. The maximum absolute atomic E-state index is 4.73. The highest BCUT2D eigenvalue weighted by Gasteiger charge is 2.18. The summed E-state index contributed by atoms with van der Waals surface area (Å²) in [6.45, 7) is 2.00. The van der Waals surface area contributed by atoms with Gasteiger partial charge in [0, 0.05) is 28.9 Å². The van der Waals surface area contributed by atoms with Crippen LogP contribution in [0.1, 0.15) is 30.5 Å². The molecular weight excluding hydrogens is 382 g/mol. The summed E-state index contributed by atoms with van der Waals surface area (Å²) >= 11 is 0. The Kier molecular flexibility index (Phi) is 5.12. The maximum atomic E-state index is 4.73. The van der Waals surface area contributed by atoms with Gasteiger partial charge in [0.15, 0.2) is 0 Å². The first-order valence-electron chi connectivity index (χ1n) is 10.8. The number of pyridine rings is 2. The molecule has 0 saturated heterocycles. The van der Waals surface area contributed by atoms with Crippen LogP contribution in [0.4, 0.5) is 0 Å². The summed E-state index contributed by atoms with van der Waals surface area (Å²) in [6, 6.07) is 15.3. The fraction of sp³-hybridized carbons (Fsp3) is 0.269. The molecule has 5 heteroatoms. The van der Waals surface area contributed by atoms with E-state index in [2.05, 4.69) is 64.3 Å². The van der Waals surface area contributed by atoms with Crippen molar-refractivity contribution < 1.29 is 0 Å². The van der Waals surface area contributed by atoms with Crippen LogP contribution >= 0.6 is 0 Å². The molecule has 4 aromatic rings. The number of allylic oxidation sites excluding steroid dienone is 1. The summed E-state index contributed by atoms with van der Waals surface area (Å²) in [7, 11) is 4.33. The van der Waals surface area contributed by atoms with E-state index in [1.165, 1.54) is 17.6 Å². The zero-order valence-electron chi connectivity index (χ0n) is 18.3. The second-order valence-corrected chi connectivity index (χ2v) is 8.54. The van der Waals surface area contributed by atoms with E-state index in [-0.39, 0.29) is 0 Å². The minimum Gasteiger partial charge on any atom is -0.343 e. The first kappa shape index (κ1) is 19.6. The van der Waals surface area contributed by atoms with Crippen LogP contribution in [0.25, 0.3) is 39.1 Å². The van der Waals surface area contributed by atoms with Crippen LogP contribution in [0.15, 0.2) is 61.1 Å². The third kappa shape index (κ3) is 3.89. The predicted octanol–water partition coefficient (Wildman–Crippen LogP) is 5.49. The Balaban J connectivity index is 1.51. The highest BCUT2D eigenvalue weighted by molar-refractivity contribution is 5.88. The number of aromatic nitrogens is 4. The number of rotatable bonds is 4. The Hall–Kier alpha value is -3.31. The molecule has 1 aliphatic carbocycles. The molecule has 0 aliphatic heterocycles. The average molecular weight is 410 g/mol. The van der Waals surface area contributed by atoms with Crippen LogP contribution in [0.5, 0.6) is 0 Å².